The van der Waals surface area contributed by atoms with Gasteiger partial charge in [-0.25, -0.2) is 4.79 Å². The van der Waals surface area contributed by atoms with Crippen molar-refractivity contribution in [3.05, 3.63) is 0 Å². The van der Waals surface area contributed by atoms with Gasteiger partial charge < -0.3 is 15.5 Å². The summed E-state index contributed by atoms with van der Waals surface area (Å²) in [6.07, 6.45) is 0. The van der Waals surface area contributed by atoms with Crippen molar-refractivity contribution in [1.29, 1.82) is 0 Å². The number of rotatable bonds is 3. The Labute approximate surface area is 157 Å². The highest BCUT2D eigenvalue weighted by molar-refractivity contribution is 5.93. The highest BCUT2D eigenvalue weighted by Gasteiger charge is 2.69. The van der Waals surface area contributed by atoms with Crippen molar-refractivity contribution in [2.75, 3.05) is 6.54 Å². The van der Waals surface area contributed by atoms with Crippen LogP contribution < -0.4 is 10.6 Å². The lowest BCUT2D eigenvalue weighted by Gasteiger charge is -2.37. The number of fused-ring (bicyclic) bond motifs is 1. The summed E-state index contributed by atoms with van der Waals surface area (Å²) in [7, 11) is 0. The number of Topliss-reactive ketones (excluding diaryl/α,β-unsaturated/α-hetero) is 1. The standard InChI is InChI=1S/C20H35N3O3/c1-11(24)14-13-12(20(13,8)9)10-23(14)16(25)15(18(2,3)4)21-17(26)22-19(5,6)7/h12-15H,10H2,1-9H3,(H2,21,22,26)/t12?,13-,14+,15+/m0/s1. The minimum Gasteiger partial charge on any atom is -0.334 e. The maximum atomic E-state index is 13.3. The van der Waals surface area contributed by atoms with Crippen LogP contribution in [-0.4, -0.2) is 46.8 Å². The number of ketones is 1. The van der Waals surface area contributed by atoms with Crippen molar-refractivity contribution in [3.63, 3.8) is 0 Å². The van der Waals surface area contributed by atoms with E-state index in [0.717, 1.165) is 0 Å². The fourth-order valence-electron chi connectivity index (χ4n) is 4.30. The molecule has 6 heteroatoms. The first-order valence-electron chi connectivity index (χ1n) is 9.47. The molecule has 0 bridgehead atoms. The van der Waals surface area contributed by atoms with Crippen LogP contribution in [0.25, 0.3) is 0 Å². The molecule has 1 unspecified atom stereocenters. The molecule has 1 heterocycles. The molecule has 0 aromatic rings. The van der Waals surface area contributed by atoms with E-state index in [1.54, 1.807) is 11.8 Å². The van der Waals surface area contributed by atoms with Crippen molar-refractivity contribution in [2.45, 2.75) is 79.9 Å². The Morgan fingerprint density at radius 1 is 1.08 bits per heavy atom. The van der Waals surface area contributed by atoms with Gasteiger partial charge in [-0.15, -0.1) is 0 Å². The molecular weight excluding hydrogens is 330 g/mol. The van der Waals surface area contributed by atoms with E-state index in [9.17, 15) is 14.4 Å². The molecule has 2 rings (SSSR count). The number of carbonyl (C=O) groups excluding carboxylic acids is 3. The number of carbonyl (C=O) groups is 3. The Bertz CT molecular complexity index is 613. The van der Waals surface area contributed by atoms with Gasteiger partial charge in [-0.05, 0) is 50.4 Å². The lowest BCUT2D eigenvalue weighted by Crippen LogP contribution is -2.60. The van der Waals surface area contributed by atoms with Gasteiger partial charge in [0.25, 0.3) is 0 Å². The summed E-state index contributed by atoms with van der Waals surface area (Å²) in [5.74, 6) is 0.463. The molecule has 2 fully saturated rings. The van der Waals surface area contributed by atoms with Gasteiger partial charge in [0.1, 0.15) is 6.04 Å². The first kappa shape index (κ1) is 20.7. The van der Waals surface area contributed by atoms with Crippen LogP contribution in [0.2, 0.25) is 0 Å². The summed E-state index contributed by atoms with van der Waals surface area (Å²) < 4.78 is 0. The first-order chi connectivity index (χ1) is 11.6. The van der Waals surface area contributed by atoms with Gasteiger partial charge in [0, 0.05) is 12.1 Å². The summed E-state index contributed by atoms with van der Waals surface area (Å²) in [5.41, 5.74) is -0.742. The van der Waals surface area contributed by atoms with Crippen molar-refractivity contribution < 1.29 is 14.4 Å². The topological polar surface area (TPSA) is 78.5 Å². The molecule has 2 N–H and O–H groups in total. The lowest BCUT2D eigenvalue weighted by atomic mass is 9.85. The predicted octanol–water partition coefficient (Wildman–Crippen LogP) is 2.57. The molecule has 3 amide bonds. The third kappa shape index (κ3) is 3.89. The van der Waals surface area contributed by atoms with Gasteiger partial charge in [-0.3, -0.25) is 9.59 Å². The van der Waals surface area contributed by atoms with Crippen LogP contribution >= 0.6 is 0 Å². The highest BCUT2D eigenvalue weighted by atomic mass is 16.2. The van der Waals surface area contributed by atoms with Gasteiger partial charge in [-0.1, -0.05) is 34.6 Å². The van der Waals surface area contributed by atoms with E-state index in [0.29, 0.717) is 12.5 Å². The Morgan fingerprint density at radius 3 is 2.04 bits per heavy atom. The second-order valence-electron chi connectivity index (χ2n) is 10.6. The van der Waals surface area contributed by atoms with Gasteiger partial charge in [0.05, 0.1) is 6.04 Å². The van der Waals surface area contributed by atoms with E-state index in [1.807, 2.05) is 41.5 Å². The van der Waals surface area contributed by atoms with E-state index in [-0.39, 0.29) is 35.1 Å². The van der Waals surface area contributed by atoms with Crippen molar-refractivity contribution in [1.82, 2.24) is 15.5 Å². The number of amides is 3. The SMILES string of the molecule is CC(=O)[C@@H]1[C@@H]2C(CN1C(=O)[C@@H](NC(=O)NC(C)(C)C)C(C)(C)C)C2(C)C. The van der Waals surface area contributed by atoms with Crippen LogP contribution in [0, 0.1) is 22.7 Å². The molecule has 0 aromatic heterocycles. The van der Waals surface area contributed by atoms with E-state index in [2.05, 4.69) is 24.5 Å². The average molecular weight is 366 g/mol. The molecule has 1 aliphatic carbocycles. The minimum atomic E-state index is -0.688. The maximum Gasteiger partial charge on any atom is 0.315 e. The number of hydrogen-bond acceptors (Lipinski definition) is 3. The molecule has 6 nitrogen and oxygen atoms in total. The van der Waals surface area contributed by atoms with Crippen molar-refractivity contribution >= 4 is 17.7 Å². The van der Waals surface area contributed by atoms with Gasteiger partial charge in [-0.2, -0.15) is 0 Å². The zero-order valence-electron chi connectivity index (χ0n) is 17.7. The third-order valence-electron chi connectivity index (χ3n) is 5.79. The predicted molar refractivity (Wildman–Crippen MR) is 102 cm³/mol. The quantitative estimate of drug-likeness (QED) is 0.807. The Kier molecular flexibility index (Phi) is 4.97. The molecule has 1 saturated carbocycles. The Morgan fingerprint density at radius 2 is 1.62 bits per heavy atom. The Balaban J connectivity index is 2.20. The number of nitrogens with zero attached hydrogens (tertiary/aromatic N) is 1. The largest absolute Gasteiger partial charge is 0.334 e. The summed E-state index contributed by atoms with van der Waals surface area (Å²) in [6.45, 7) is 17.9. The van der Waals surface area contributed by atoms with Crippen LogP contribution in [0.15, 0.2) is 0 Å². The lowest BCUT2D eigenvalue weighted by molar-refractivity contribution is -0.142. The second kappa shape index (κ2) is 6.24. The van der Waals surface area contributed by atoms with E-state index >= 15 is 0 Å². The zero-order chi connectivity index (χ0) is 20.2. The van der Waals surface area contributed by atoms with Gasteiger partial charge in [0.2, 0.25) is 5.91 Å². The Hall–Kier alpha value is -1.59. The monoisotopic (exact) mass is 365 g/mol. The molecule has 2 aliphatic rings. The third-order valence-corrected chi connectivity index (χ3v) is 5.79. The zero-order valence-corrected chi connectivity index (χ0v) is 17.7. The van der Waals surface area contributed by atoms with Crippen LogP contribution in [0.5, 0.6) is 0 Å². The van der Waals surface area contributed by atoms with Crippen molar-refractivity contribution in [3.8, 4) is 0 Å². The number of piperidine rings is 1. The molecule has 0 aromatic carbocycles. The summed E-state index contributed by atoms with van der Waals surface area (Å²) in [4.78, 5) is 39.7. The average Bonchev–Trinajstić information content (AvgIpc) is 2.81. The van der Waals surface area contributed by atoms with E-state index < -0.39 is 17.0 Å². The van der Waals surface area contributed by atoms with Gasteiger partial charge in [0.15, 0.2) is 5.78 Å². The van der Waals surface area contributed by atoms with Gasteiger partial charge >= 0.3 is 6.03 Å². The number of nitrogens with one attached hydrogen (secondary N) is 2. The fourth-order valence-corrected chi connectivity index (χ4v) is 4.30. The molecule has 0 spiro atoms. The van der Waals surface area contributed by atoms with Crippen LogP contribution in [0.3, 0.4) is 0 Å². The number of likely N-dealkylation sites (tertiary alicyclic amines) is 1. The smallest absolute Gasteiger partial charge is 0.315 e. The number of hydrogen-bond donors (Lipinski definition) is 2. The molecule has 0 radical (unpaired) electrons. The first-order valence-corrected chi connectivity index (χ1v) is 9.47. The van der Waals surface area contributed by atoms with E-state index in [1.165, 1.54) is 0 Å². The van der Waals surface area contributed by atoms with Crippen molar-refractivity contribution in [2.24, 2.45) is 22.7 Å². The molecular formula is C20H35N3O3. The maximum absolute atomic E-state index is 13.3. The second-order valence-corrected chi connectivity index (χ2v) is 10.6. The molecule has 26 heavy (non-hydrogen) atoms. The normalized spacial score (nSPS) is 28.2. The summed E-state index contributed by atoms with van der Waals surface area (Å²) in [6, 6.07) is -1.43. The summed E-state index contributed by atoms with van der Waals surface area (Å²) >= 11 is 0. The van der Waals surface area contributed by atoms with Crippen LogP contribution in [-0.2, 0) is 9.59 Å². The molecule has 1 saturated heterocycles. The van der Waals surface area contributed by atoms with Crippen LogP contribution in [0.4, 0.5) is 4.79 Å². The highest BCUT2D eigenvalue weighted by Crippen LogP contribution is 2.65. The molecule has 148 valence electrons. The number of urea groups is 1. The van der Waals surface area contributed by atoms with Crippen LogP contribution in [0.1, 0.15) is 62.3 Å². The van der Waals surface area contributed by atoms with E-state index in [4.69, 9.17) is 0 Å². The summed E-state index contributed by atoms with van der Waals surface area (Å²) in [5, 5.41) is 5.69. The molecule has 1 aliphatic heterocycles. The fraction of sp³-hybridized carbons (Fsp3) is 0.850. The molecule has 4 atom stereocenters. The minimum absolute atomic E-state index is 0.0308.